The summed E-state index contributed by atoms with van der Waals surface area (Å²) in [4.78, 5) is 18.2. The molecule has 2 aromatic carbocycles. The minimum absolute atomic E-state index is 0.0960. The number of carbonyl (C=O) groups excluding carboxylic acids is 1. The normalized spacial score (nSPS) is 22.2. The summed E-state index contributed by atoms with van der Waals surface area (Å²) in [6.07, 6.45) is 2.69. The fourth-order valence-corrected chi connectivity index (χ4v) is 3.82. The molecule has 0 spiro atoms. The molecule has 0 saturated heterocycles. The summed E-state index contributed by atoms with van der Waals surface area (Å²) in [7, 11) is 0. The minimum atomic E-state index is -1.08. The number of nitrogens with one attached hydrogen (secondary N) is 2. The van der Waals surface area contributed by atoms with Crippen molar-refractivity contribution in [2.75, 3.05) is 13.2 Å². The van der Waals surface area contributed by atoms with Crippen molar-refractivity contribution in [2.45, 2.75) is 50.3 Å². The van der Waals surface area contributed by atoms with Gasteiger partial charge in [-0.05, 0) is 61.7 Å². The first-order valence-electron chi connectivity index (χ1n) is 10.9. The Hall–Kier alpha value is -2.42. The molecule has 2 atom stereocenters. The molecule has 3 N–H and O–H groups in total. The zero-order valence-corrected chi connectivity index (χ0v) is 19.6. The Kier molecular flexibility index (Phi) is 7.13. The van der Waals surface area contributed by atoms with Crippen LogP contribution < -0.4 is 15.6 Å². The Morgan fingerprint density at radius 2 is 1.94 bits per heavy atom. The fraction of sp³-hybridized carbons (Fsp3) is 0.417. The monoisotopic (exact) mass is 501 g/mol. The van der Waals surface area contributed by atoms with Crippen molar-refractivity contribution < 1.29 is 19.4 Å². The highest BCUT2D eigenvalue weighted by molar-refractivity contribution is 9.10. The number of hydrogen-bond donors (Lipinski definition) is 3. The second-order valence-electron chi connectivity index (χ2n) is 8.23. The second-order valence-corrected chi connectivity index (χ2v) is 9.14. The van der Waals surface area contributed by atoms with E-state index >= 15 is 0 Å². The van der Waals surface area contributed by atoms with E-state index in [2.05, 4.69) is 26.8 Å². The molecule has 2 aromatic rings. The van der Waals surface area contributed by atoms with E-state index in [0.29, 0.717) is 37.1 Å². The number of amides is 1. The summed E-state index contributed by atoms with van der Waals surface area (Å²) in [5.74, 6) is 0.957. The fourth-order valence-electron chi connectivity index (χ4n) is 3.56. The van der Waals surface area contributed by atoms with E-state index in [4.69, 9.17) is 19.6 Å². The van der Waals surface area contributed by atoms with Gasteiger partial charge in [-0.15, -0.1) is 0 Å². The standard InChI is InChI=1S/C24H28BrN3O4/c1-16-24(23(30)28-27-20-9-10-20,15-17-3-7-19(25)8-4-17)26-22(32-16)18-5-11-21(12-6-18)31-14-2-13-29/h3-8,11-12,16,20,27,29H,2,9-10,13-15H2,1H3,(H,28,30)/t16-,24-/m0/s1. The number of benzene rings is 2. The predicted octanol–water partition coefficient (Wildman–Crippen LogP) is 3.14. The number of hydrazine groups is 1. The molecule has 1 aliphatic carbocycles. The average Bonchev–Trinajstić information content (AvgIpc) is 3.57. The molecular formula is C24H28BrN3O4. The van der Waals surface area contributed by atoms with Crippen molar-refractivity contribution in [3.8, 4) is 5.75 Å². The first kappa shape index (κ1) is 22.8. The average molecular weight is 502 g/mol. The van der Waals surface area contributed by atoms with Crippen molar-refractivity contribution in [3.05, 3.63) is 64.1 Å². The summed E-state index contributed by atoms with van der Waals surface area (Å²) >= 11 is 3.46. The van der Waals surface area contributed by atoms with Gasteiger partial charge in [-0.1, -0.05) is 28.1 Å². The summed E-state index contributed by atoms with van der Waals surface area (Å²) in [5.41, 5.74) is 6.67. The Morgan fingerprint density at radius 1 is 1.22 bits per heavy atom. The highest BCUT2D eigenvalue weighted by Gasteiger charge is 2.50. The van der Waals surface area contributed by atoms with Gasteiger partial charge in [0.05, 0.1) is 6.61 Å². The Balaban J connectivity index is 1.58. The zero-order chi connectivity index (χ0) is 22.6. The molecule has 1 aliphatic heterocycles. The molecule has 7 nitrogen and oxygen atoms in total. The van der Waals surface area contributed by atoms with Crippen LogP contribution in [0.15, 0.2) is 58.0 Å². The highest BCUT2D eigenvalue weighted by atomic mass is 79.9. The van der Waals surface area contributed by atoms with Gasteiger partial charge in [-0.25, -0.2) is 10.4 Å². The van der Waals surface area contributed by atoms with Crippen molar-refractivity contribution in [3.63, 3.8) is 0 Å². The summed E-state index contributed by atoms with van der Waals surface area (Å²) in [6.45, 7) is 2.44. The molecule has 32 heavy (non-hydrogen) atoms. The van der Waals surface area contributed by atoms with Crippen molar-refractivity contribution in [2.24, 2.45) is 4.99 Å². The molecule has 0 unspecified atom stereocenters. The van der Waals surface area contributed by atoms with E-state index in [0.717, 1.165) is 28.4 Å². The largest absolute Gasteiger partial charge is 0.494 e. The third-order valence-electron chi connectivity index (χ3n) is 5.68. The van der Waals surface area contributed by atoms with Crippen LogP contribution in [0.3, 0.4) is 0 Å². The second kappa shape index (κ2) is 10.0. The van der Waals surface area contributed by atoms with Gasteiger partial charge < -0.3 is 14.6 Å². The maximum absolute atomic E-state index is 13.3. The van der Waals surface area contributed by atoms with Gasteiger partial charge in [0.1, 0.15) is 11.9 Å². The van der Waals surface area contributed by atoms with Gasteiger partial charge in [0.25, 0.3) is 5.91 Å². The van der Waals surface area contributed by atoms with Gasteiger partial charge in [0, 0.05) is 35.5 Å². The first-order chi connectivity index (χ1) is 15.5. The van der Waals surface area contributed by atoms with Gasteiger partial charge in [-0.2, -0.15) is 0 Å². The van der Waals surface area contributed by atoms with E-state index < -0.39 is 11.6 Å². The Morgan fingerprint density at radius 3 is 2.59 bits per heavy atom. The van der Waals surface area contributed by atoms with E-state index in [9.17, 15) is 4.79 Å². The minimum Gasteiger partial charge on any atom is -0.494 e. The number of rotatable bonds is 10. The van der Waals surface area contributed by atoms with Gasteiger partial charge >= 0.3 is 0 Å². The van der Waals surface area contributed by atoms with Crippen LogP contribution in [-0.4, -0.2) is 47.8 Å². The maximum atomic E-state index is 13.3. The highest BCUT2D eigenvalue weighted by Crippen LogP contribution is 2.33. The number of nitrogens with zero attached hydrogens (tertiary/aromatic N) is 1. The summed E-state index contributed by atoms with van der Waals surface area (Å²) in [6, 6.07) is 15.7. The SMILES string of the molecule is C[C@@H]1OC(c2ccc(OCCCO)cc2)=N[C@]1(Cc1ccc(Br)cc1)C(=O)NNC1CC1. The number of aliphatic hydroxyl groups excluding tert-OH is 1. The molecule has 170 valence electrons. The third-order valence-corrected chi connectivity index (χ3v) is 6.21. The zero-order valence-electron chi connectivity index (χ0n) is 18.0. The van der Waals surface area contributed by atoms with Crippen LogP contribution in [-0.2, 0) is 16.0 Å². The molecule has 1 saturated carbocycles. The number of halogens is 1. The van der Waals surface area contributed by atoms with E-state index in [1.807, 2.05) is 55.5 Å². The quantitative estimate of drug-likeness (QED) is 0.343. The van der Waals surface area contributed by atoms with Gasteiger partial charge in [-0.3, -0.25) is 10.2 Å². The van der Waals surface area contributed by atoms with Crippen LogP contribution in [0, 0.1) is 0 Å². The number of hydrogen-bond acceptors (Lipinski definition) is 6. The van der Waals surface area contributed by atoms with Crippen LogP contribution >= 0.6 is 15.9 Å². The van der Waals surface area contributed by atoms with Crippen molar-refractivity contribution in [1.29, 1.82) is 0 Å². The smallest absolute Gasteiger partial charge is 0.266 e. The van der Waals surface area contributed by atoms with Crippen LogP contribution in [0.1, 0.15) is 37.3 Å². The molecule has 8 heteroatoms. The third kappa shape index (κ3) is 5.31. The molecule has 1 amide bonds. The van der Waals surface area contributed by atoms with Crippen LogP contribution in [0.25, 0.3) is 0 Å². The lowest BCUT2D eigenvalue weighted by Gasteiger charge is -2.28. The summed E-state index contributed by atoms with van der Waals surface area (Å²) < 4.78 is 12.7. The van der Waals surface area contributed by atoms with Crippen LogP contribution in [0.2, 0.25) is 0 Å². The lowest BCUT2D eigenvalue weighted by molar-refractivity contribution is -0.129. The molecule has 1 fully saturated rings. The molecule has 0 bridgehead atoms. The molecular weight excluding hydrogens is 474 g/mol. The summed E-state index contributed by atoms with van der Waals surface area (Å²) in [5, 5.41) is 8.89. The number of ether oxygens (including phenoxy) is 2. The Labute approximate surface area is 196 Å². The molecule has 2 aliphatic rings. The molecule has 1 heterocycles. The molecule has 4 rings (SSSR count). The van der Waals surface area contributed by atoms with Gasteiger partial charge in [0.15, 0.2) is 5.54 Å². The van der Waals surface area contributed by atoms with Crippen molar-refractivity contribution in [1.82, 2.24) is 10.9 Å². The van der Waals surface area contributed by atoms with Crippen LogP contribution in [0.4, 0.5) is 0 Å². The lowest BCUT2D eigenvalue weighted by Crippen LogP contribution is -2.56. The molecule has 0 radical (unpaired) electrons. The number of carbonyl (C=O) groups is 1. The predicted molar refractivity (Wildman–Crippen MR) is 126 cm³/mol. The van der Waals surface area contributed by atoms with Gasteiger partial charge in [0.2, 0.25) is 5.90 Å². The molecule has 0 aromatic heterocycles. The number of aliphatic hydroxyl groups is 1. The van der Waals surface area contributed by atoms with Crippen molar-refractivity contribution >= 4 is 27.7 Å². The number of aliphatic imine (C=N–C) groups is 1. The topological polar surface area (TPSA) is 92.2 Å². The van der Waals surface area contributed by atoms with E-state index in [1.54, 1.807) is 0 Å². The Bertz CT molecular complexity index is 960. The van der Waals surface area contributed by atoms with E-state index in [-0.39, 0.29) is 12.5 Å². The first-order valence-corrected chi connectivity index (χ1v) is 11.7. The van der Waals surface area contributed by atoms with Crippen LogP contribution in [0.5, 0.6) is 5.75 Å². The lowest BCUT2D eigenvalue weighted by atomic mass is 9.86. The maximum Gasteiger partial charge on any atom is 0.266 e. The van der Waals surface area contributed by atoms with E-state index in [1.165, 1.54) is 0 Å².